The van der Waals surface area contributed by atoms with Crippen molar-refractivity contribution in [3.05, 3.63) is 94.3 Å². The van der Waals surface area contributed by atoms with Crippen molar-refractivity contribution >= 4 is 34.2 Å². The maximum atomic E-state index is 15.3. The molecule has 0 bridgehead atoms. The molecule has 0 radical (unpaired) electrons. The molecule has 0 amide bonds. The van der Waals surface area contributed by atoms with E-state index in [1.54, 1.807) is 13.0 Å². The Morgan fingerprint density at radius 3 is 2.62 bits per heavy atom. The van der Waals surface area contributed by atoms with Crippen LogP contribution in [0.25, 0.3) is 16.6 Å². The molecular formula is C34H34ClF2N3O5. The minimum atomic E-state index is -1.08. The summed E-state index contributed by atoms with van der Waals surface area (Å²) in [4.78, 5) is 18.2. The van der Waals surface area contributed by atoms with Crippen molar-refractivity contribution < 1.29 is 32.9 Å². The molecule has 0 aliphatic carbocycles. The Hall–Kier alpha value is -3.99. The number of aliphatic carboxylic acids is 1. The summed E-state index contributed by atoms with van der Waals surface area (Å²) >= 11 is 5.82. The van der Waals surface area contributed by atoms with Crippen LogP contribution in [0.3, 0.4) is 0 Å². The number of nitrogens with zero attached hydrogens (tertiary/aromatic N) is 3. The lowest BCUT2D eigenvalue weighted by molar-refractivity contribution is -0.131. The van der Waals surface area contributed by atoms with Gasteiger partial charge in [-0.1, -0.05) is 23.7 Å². The lowest BCUT2D eigenvalue weighted by Crippen LogP contribution is -2.39. The molecule has 2 aliphatic rings. The summed E-state index contributed by atoms with van der Waals surface area (Å²) in [5, 5.41) is 9.49. The lowest BCUT2D eigenvalue weighted by atomic mass is 10.1. The minimum Gasteiger partial charge on any atom is -0.490 e. The number of likely N-dealkylation sites (tertiary alicyclic amines) is 1. The predicted molar refractivity (Wildman–Crippen MR) is 166 cm³/mol. The number of carbonyl (C=O) groups is 1. The molecule has 1 atom stereocenters. The first kappa shape index (κ1) is 31.0. The highest BCUT2D eigenvalue weighted by atomic mass is 35.5. The van der Waals surface area contributed by atoms with Crippen molar-refractivity contribution in [3.8, 4) is 11.5 Å². The number of carboxylic acid groups (broad SMARTS) is 1. The van der Waals surface area contributed by atoms with E-state index in [1.807, 2.05) is 34.9 Å². The number of carboxylic acids is 1. The van der Waals surface area contributed by atoms with E-state index in [4.69, 9.17) is 30.8 Å². The van der Waals surface area contributed by atoms with Gasteiger partial charge in [0.25, 0.3) is 0 Å². The van der Waals surface area contributed by atoms with E-state index in [0.717, 1.165) is 55.6 Å². The summed E-state index contributed by atoms with van der Waals surface area (Å²) in [6.07, 6.45) is 3.68. The first-order chi connectivity index (χ1) is 21.7. The van der Waals surface area contributed by atoms with E-state index in [0.29, 0.717) is 41.4 Å². The molecule has 2 aliphatic heterocycles. The third kappa shape index (κ3) is 7.46. The third-order valence-corrected chi connectivity index (χ3v) is 8.49. The van der Waals surface area contributed by atoms with Crippen molar-refractivity contribution in [1.82, 2.24) is 14.5 Å². The quantitative estimate of drug-likeness (QED) is 0.180. The van der Waals surface area contributed by atoms with Gasteiger partial charge in [-0.3, -0.25) is 4.90 Å². The number of allylic oxidation sites excluding steroid dienone is 1. The van der Waals surface area contributed by atoms with Crippen LogP contribution in [0.4, 0.5) is 8.78 Å². The number of halogens is 3. The molecule has 11 heteroatoms. The van der Waals surface area contributed by atoms with Crippen LogP contribution in [-0.2, 0) is 29.2 Å². The maximum absolute atomic E-state index is 15.3. The predicted octanol–water partition coefficient (Wildman–Crippen LogP) is 6.87. The van der Waals surface area contributed by atoms with Crippen LogP contribution in [0, 0.1) is 11.6 Å². The van der Waals surface area contributed by atoms with Gasteiger partial charge >= 0.3 is 5.97 Å². The van der Waals surface area contributed by atoms with Crippen molar-refractivity contribution in [2.45, 2.75) is 58.1 Å². The number of hydrogen-bond donors (Lipinski definition) is 1. The van der Waals surface area contributed by atoms with Crippen molar-refractivity contribution in [1.29, 1.82) is 0 Å². The fraction of sp³-hybridized carbons (Fsp3) is 0.353. The van der Waals surface area contributed by atoms with Gasteiger partial charge in [0.1, 0.15) is 29.8 Å². The Balaban J connectivity index is 1.10. The van der Waals surface area contributed by atoms with Crippen LogP contribution in [0.1, 0.15) is 43.1 Å². The van der Waals surface area contributed by atoms with Crippen LogP contribution < -0.4 is 9.47 Å². The van der Waals surface area contributed by atoms with Gasteiger partial charge in [-0.25, -0.2) is 18.6 Å². The zero-order valence-corrected chi connectivity index (χ0v) is 25.6. The highest BCUT2D eigenvalue weighted by molar-refractivity contribution is 6.30. The van der Waals surface area contributed by atoms with Gasteiger partial charge < -0.3 is 23.9 Å². The average Bonchev–Trinajstić information content (AvgIpc) is 3.32. The van der Waals surface area contributed by atoms with E-state index in [2.05, 4.69) is 4.90 Å². The molecule has 0 spiro atoms. The maximum Gasteiger partial charge on any atom is 0.328 e. The minimum absolute atomic E-state index is 0.0253. The first-order valence-corrected chi connectivity index (χ1v) is 15.4. The molecule has 8 nitrogen and oxygen atoms in total. The van der Waals surface area contributed by atoms with Crippen molar-refractivity contribution in [2.24, 2.45) is 0 Å². The van der Waals surface area contributed by atoms with Crippen molar-refractivity contribution in [3.63, 3.8) is 0 Å². The van der Waals surface area contributed by atoms with Gasteiger partial charge in [0, 0.05) is 30.8 Å². The molecule has 1 aromatic heterocycles. The SMILES string of the molecule is C/C(=C\C(=O)O)c1cc(F)c2nc(CN3CCC(Oc4cccc(COc5ccc(Cl)cc5F)c4)CC3)n(C[C@@H]3CCO3)c2c1. The molecule has 236 valence electrons. The summed E-state index contributed by atoms with van der Waals surface area (Å²) in [5.41, 5.74) is 2.74. The van der Waals surface area contributed by atoms with Crippen LogP contribution in [0.5, 0.6) is 11.5 Å². The topological polar surface area (TPSA) is 86.0 Å². The van der Waals surface area contributed by atoms with Gasteiger partial charge in [-0.2, -0.15) is 0 Å². The highest BCUT2D eigenvalue weighted by Crippen LogP contribution is 2.29. The zero-order chi connectivity index (χ0) is 31.5. The van der Waals surface area contributed by atoms with Crippen molar-refractivity contribution in [2.75, 3.05) is 19.7 Å². The normalized spacial score (nSPS) is 17.8. The summed E-state index contributed by atoms with van der Waals surface area (Å²) < 4.78 is 49.0. The van der Waals surface area contributed by atoms with E-state index in [-0.39, 0.29) is 30.1 Å². The number of aromatic nitrogens is 2. The van der Waals surface area contributed by atoms with Gasteiger partial charge in [0.2, 0.25) is 0 Å². The molecule has 6 rings (SSSR count). The van der Waals surface area contributed by atoms with E-state index in [9.17, 15) is 14.3 Å². The highest BCUT2D eigenvalue weighted by Gasteiger charge is 2.26. The zero-order valence-electron chi connectivity index (χ0n) is 24.8. The molecule has 4 aromatic rings. The van der Waals surface area contributed by atoms with Gasteiger partial charge in [-0.15, -0.1) is 0 Å². The largest absolute Gasteiger partial charge is 0.490 e. The molecule has 1 N–H and O–H groups in total. The van der Waals surface area contributed by atoms with Crippen LogP contribution in [0.2, 0.25) is 5.02 Å². The van der Waals surface area contributed by atoms with Gasteiger partial charge in [0.05, 0.1) is 24.7 Å². The Kier molecular flexibility index (Phi) is 9.34. The molecule has 0 unspecified atom stereocenters. The third-order valence-electron chi connectivity index (χ3n) is 8.25. The number of hydrogen-bond acceptors (Lipinski definition) is 6. The Bertz CT molecular complexity index is 1730. The number of ether oxygens (including phenoxy) is 3. The Morgan fingerprint density at radius 1 is 1.11 bits per heavy atom. The molecular weight excluding hydrogens is 604 g/mol. The number of rotatable bonds is 11. The van der Waals surface area contributed by atoms with Crippen LogP contribution in [-0.4, -0.2) is 57.4 Å². The molecule has 2 saturated heterocycles. The van der Waals surface area contributed by atoms with E-state index >= 15 is 4.39 Å². The van der Waals surface area contributed by atoms with E-state index < -0.39 is 17.6 Å². The molecule has 0 saturated carbocycles. The number of fused-ring (bicyclic) bond motifs is 1. The van der Waals surface area contributed by atoms with Gasteiger partial charge in [0.15, 0.2) is 17.4 Å². The van der Waals surface area contributed by atoms with E-state index in [1.165, 1.54) is 18.2 Å². The average molecular weight is 638 g/mol. The summed E-state index contributed by atoms with van der Waals surface area (Å²) in [5.74, 6) is -0.447. The molecule has 45 heavy (non-hydrogen) atoms. The summed E-state index contributed by atoms with van der Waals surface area (Å²) in [6, 6.07) is 15.1. The second kappa shape index (κ2) is 13.6. The standard InChI is InChI=1S/C34H34ClF2N3O5/c1-21(13-33(41)42)23-15-29(37)34-30(16-23)40(18-27-9-12-43-27)32(38-34)19-39-10-7-25(8-11-39)45-26-4-2-3-22(14-26)20-44-31-6-5-24(35)17-28(31)36/h2-6,13-17,25,27H,7-12,18-20H2,1H3,(H,41,42)/b21-13+/t27-/m0/s1. The lowest BCUT2D eigenvalue weighted by Gasteiger charge is -2.32. The smallest absolute Gasteiger partial charge is 0.328 e. The molecule has 2 fully saturated rings. The fourth-order valence-corrected chi connectivity index (χ4v) is 5.88. The second-order valence-corrected chi connectivity index (χ2v) is 12.0. The summed E-state index contributed by atoms with van der Waals surface area (Å²) in [6.45, 7) is 5.21. The summed E-state index contributed by atoms with van der Waals surface area (Å²) in [7, 11) is 0. The first-order valence-electron chi connectivity index (χ1n) is 15.0. The monoisotopic (exact) mass is 637 g/mol. The number of piperidine rings is 1. The fourth-order valence-electron chi connectivity index (χ4n) is 5.72. The Labute approximate surface area is 264 Å². The van der Waals surface area contributed by atoms with Crippen LogP contribution >= 0.6 is 11.6 Å². The molecule has 3 heterocycles. The molecule has 3 aromatic carbocycles. The van der Waals surface area contributed by atoms with Crippen LogP contribution in [0.15, 0.2) is 60.7 Å². The number of imidazole rings is 1. The number of benzene rings is 3. The second-order valence-electron chi connectivity index (χ2n) is 11.5. The Morgan fingerprint density at radius 2 is 1.91 bits per heavy atom. The van der Waals surface area contributed by atoms with Gasteiger partial charge in [-0.05, 0) is 85.4 Å².